The average Bonchev–Trinajstić information content (AvgIpc) is 2.91. The van der Waals surface area contributed by atoms with Crippen LogP contribution in [0.1, 0.15) is 54.7 Å². The molecule has 4 rings (SSSR count). The van der Waals surface area contributed by atoms with Gasteiger partial charge < -0.3 is 4.84 Å². The van der Waals surface area contributed by atoms with Gasteiger partial charge in [0.05, 0.1) is 5.71 Å². The molecule has 2 nitrogen and oxygen atoms in total. The molecule has 0 radical (unpaired) electrons. The molecule has 94 valence electrons. The molecule has 4 atom stereocenters. The first kappa shape index (κ1) is 10.6. The zero-order valence-electron chi connectivity index (χ0n) is 11.0. The maximum atomic E-state index is 4.94. The summed E-state index contributed by atoms with van der Waals surface area (Å²) in [4.78, 5) is 4.94. The number of hydrogen-bond donors (Lipinski definition) is 0. The van der Waals surface area contributed by atoms with Crippen LogP contribution in [0.5, 0.6) is 0 Å². The van der Waals surface area contributed by atoms with Crippen LogP contribution in [-0.4, -0.2) is 12.8 Å². The second-order valence-corrected chi connectivity index (χ2v) is 6.05. The first-order valence-electron chi connectivity index (χ1n) is 7.02. The van der Waals surface area contributed by atoms with E-state index in [0.29, 0.717) is 0 Å². The summed E-state index contributed by atoms with van der Waals surface area (Å²) in [6.45, 7) is 2.06. The summed E-state index contributed by atoms with van der Waals surface area (Å²) in [7, 11) is 1.62. The molecule has 3 aliphatic carbocycles. The highest BCUT2D eigenvalue weighted by Crippen LogP contribution is 2.68. The van der Waals surface area contributed by atoms with E-state index in [1.54, 1.807) is 18.2 Å². The quantitative estimate of drug-likeness (QED) is 0.572. The Balaban J connectivity index is 1.82. The van der Waals surface area contributed by atoms with Crippen LogP contribution < -0.4 is 0 Å². The van der Waals surface area contributed by atoms with Gasteiger partial charge in [-0.15, -0.1) is 0 Å². The summed E-state index contributed by atoms with van der Waals surface area (Å²) >= 11 is 0. The van der Waals surface area contributed by atoms with Crippen LogP contribution in [0, 0.1) is 11.8 Å². The predicted octanol–water partition coefficient (Wildman–Crippen LogP) is 3.67. The fraction of sp³-hybridized carbons (Fsp3) is 0.562. The van der Waals surface area contributed by atoms with Gasteiger partial charge in [-0.1, -0.05) is 23.4 Å². The third kappa shape index (κ3) is 1.16. The van der Waals surface area contributed by atoms with Gasteiger partial charge in [-0.05, 0) is 61.0 Å². The molecule has 2 unspecified atom stereocenters. The van der Waals surface area contributed by atoms with Crippen molar-refractivity contribution in [3.05, 3.63) is 34.9 Å². The van der Waals surface area contributed by atoms with Crippen LogP contribution in [-0.2, 0) is 4.84 Å². The Morgan fingerprint density at radius 1 is 1.22 bits per heavy atom. The van der Waals surface area contributed by atoms with Crippen molar-refractivity contribution in [2.75, 3.05) is 7.11 Å². The van der Waals surface area contributed by atoms with Crippen LogP contribution in [0.2, 0.25) is 0 Å². The van der Waals surface area contributed by atoms with Crippen molar-refractivity contribution in [3.8, 4) is 0 Å². The van der Waals surface area contributed by atoms with Crippen LogP contribution in [0.3, 0.4) is 0 Å². The molecular weight excluding hydrogens is 222 g/mol. The summed E-state index contributed by atoms with van der Waals surface area (Å²) in [6.07, 6.45) is 4.37. The van der Waals surface area contributed by atoms with Crippen molar-refractivity contribution in [3.63, 3.8) is 0 Å². The van der Waals surface area contributed by atoms with E-state index in [9.17, 15) is 0 Å². The monoisotopic (exact) mass is 241 g/mol. The van der Waals surface area contributed by atoms with Gasteiger partial charge in [0.1, 0.15) is 7.11 Å². The molecule has 0 N–H and O–H groups in total. The Morgan fingerprint density at radius 2 is 2.00 bits per heavy atom. The van der Waals surface area contributed by atoms with Gasteiger partial charge in [0.15, 0.2) is 0 Å². The maximum absolute atomic E-state index is 4.94. The molecule has 0 amide bonds. The van der Waals surface area contributed by atoms with Gasteiger partial charge in [-0.2, -0.15) is 0 Å². The van der Waals surface area contributed by atoms with Crippen molar-refractivity contribution in [2.45, 2.75) is 38.0 Å². The minimum Gasteiger partial charge on any atom is -0.399 e. The largest absolute Gasteiger partial charge is 0.399 e. The van der Waals surface area contributed by atoms with Crippen molar-refractivity contribution in [2.24, 2.45) is 17.0 Å². The second kappa shape index (κ2) is 3.59. The van der Waals surface area contributed by atoms with Gasteiger partial charge in [-0.25, -0.2) is 0 Å². The lowest BCUT2D eigenvalue weighted by molar-refractivity contribution is 0.213. The molecule has 1 aromatic rings. The summed E-state index contributed by atoms with van der Waals surface area (Å²) in [6, 6.07) is 6.73. The van der Waals surface area contributed by atoms with Gasteiger partial charge in [0.25, 0.3) is 0 Å². The highest BCUT2D eigenvalue weighted by atomic mass is 16.6. The minimum absolute atomic E-state index is 0.831. The predicted molar refractivity (Wildman–Crippen MR) is 72.0 cm³/mol. The summed E-state index contributed by atoms with van der Waals surface area (Å²) in [5.74, 6) is 3.62. The van der Waals surface area contributed by atoms with Gasteiger partial charge in [0, 0.05) is 5.56 Å². The minimum atomic E-state index is 0.831. The van der Waals surface area contributed by atoms with Gasteiger partial charge in [0.2, 0.25) is 0 Å². The molecule has 0 aromatic heterocycles. The molecule has 2 saturated carbocycles. The molecule has 2 fully saturated rings. The Kier molecular flexibility index (Phi) is 2.12. The first-order chi connectivity index (χ1) is 8.81. The van der Waals surface area contributed by atoms with E-state index in [2.05, 4.69) is 30.3 Å². The molecule has 0 heterocycles. The molecule has 18 heavy (non-hydrogen) atoms. The molecular formula is C16H19NO. The van der Waals surface area contributed by atoms with E-state index in [1.165, 1.54) is 24.8 Å². The number of benzene rings is 1. The number of oxime groups is 1. The fourth-order valence-corrected chi connectivity index (χ4v) is 4.81. The number of rotatable bonds is 2. The molecule has 0 aliphatic heterocycles. The van der Waals surface area contributed by atoms with E-state index in [-0.39, 0.29) is 0 Å². The van der Waals surface area contributed by atoms with E-state index < -0.39 is 0 Å². The van der Waals surface area contributed by atoms with Crippen LogP contribution in [0.15, 0.2) is 23.4 Å². The molecule has 2 heteroatoms. The Labute approximate surface area is 108 Å². The maximum Gasteiger partial charge on any atom is 0.106 e. The van der Waals surface area contributed by atoms with Crippen molar-refractivity contribution < 1.29 is 4.84 Å². The molecule has 3 aliphatic rings. The molecule has 1 aromatic carbocycles. The normalized spacial score (nSPS) is 36.0. The lowest BCUT2D eigenvalue weighted by Gasteiger charge is -2.44. The van der Waals surface area contributed by atoms with E-state index >= 15 is 0 Å². The number of hydrogen-bond acceptors (Lipinski definition) is 2. The average molecular weight is 241 g/mol. The second-order valence-electron chi connectivity index (χ2n) is 6.05. The standard InChI is InChI=1S/C16H19NO/c1-9(17-18-2)12-4-3-5-13-14-10-6-7-11(8-10)15(14)16(12)13/h3-5,10-11,14-15H,6-8H2,1-2H3/b17-9+/t10?,11?,14-,15-/m0/s1. The zero-order valence-corrected chi connectivity index (χ0v) is 11.0. The third-order valence-corrected chi connectivity index (χ3v) is 5.37. The van der Waals surface area contributed by atoms with E-state index in [0.717, 1.165) is 29.4 Å². The molecule has 0 saturated heterocycles. The summed E-state index contributed by atoms with van der Waals surface area (Å²) < 4.78 is 0. The van der Waals surface area contributed by atoms with Crippen molar-refractivity contribution in [1.29, 1.82) is 0 Å². The summed E-state index contributed by atoms with van der Waals surface area (Å²) in [5.41, 5.74) is 5.54. The summed E-state index contributed by atoms with van der Waals surface area (Å²) in [5, 5.41) is 4.12. The van der Waals surface area contributed by atoms with Gasteiger partial charge >= 0.3 is 0 Å². The lowest BCUT2D eigenvalue weighted by Crippen LogP contribution is -2.31. The van der Waals surface area contributed by atoms with E-state index in [1.807, 2.05) is 0 Å². The Hall–Kier alpha value is -1.31. The lowest BCUT2D eigenvalue weighted by atomic mass is 9.60. The van der Waals surface area contributed by atoms with Crippen LogP contribution in [0.25, 0.3) is 0 Å². The van der Waals surface area contributed by atoms with Crippen molar-refractivity contribution in [1.82, 2.24) is 0 Å². The van der Waals surface area contributed by atoms with Crippen LogP contribution >= 0.6 is 0 Å². The number of fused-ring (bicyclic) bond motifs is 8. The Morgan fingerprint density at radius 3 is 2.78 bits per heavy atom. The topological polar surface area (TPSA) is 21.6 Å². The zero-order chi connectivity index (χ0) is 12.3. The highest BCUT2D eigenvalue weighted by molar-refractivity contribution is 6.00. The van der Waals surface area contributed by atoms with Crippen LogP contribution in [0.4, 0.5) is 0 Å². The fourth-order valence-electron chi connectivity index (χ4n) is 4.81. The van der Waals surface area contributed by atoms with E-state index in [4.69, 9.17) is 4.84 Å². The molecule has 0 spiro atoms. The highest BCUT2D eigenvalue weighted by Gasteiger charge is 2.56. The third-order valence-electron chi connectivity index (χ3n) is 5.37. The van der Waals surface area contributed by atoms with Crippen molar-refractivity contribution >= 4 is 5.71 Å². The first-order valence-corrected chi connectivity index (χ1v) is 7.02. The SMILES string of the molecule is CO/N=C(\C)c1cccc2c1[C@H]1C3CCC(C3)[C@@H]21. The number of nitrogens with zero attached hydrogens (tertiary/aromatic N) is 1. The molecule has 2 bridgehead atoms. The Bertz CT molecular complexity index is 534. The smallest absolute Gasteiger partial charge is 0.106 e. The van der Waals surface area contributed by atoms with Gasteiger partial charge in [-0.3, -0.25) is 0 Å².